The summed E-state index contributed by atoms with van der Waals surface area (Å²) < 4.78 is 0. The van der Waals surface area contributed by atoms with E-state index in [-0.39, 0.29) is 18.0 Å². The maximum absolute atomic E-state index is 11.0. The lowest BCUT2D eigenvalue weighted by atomic mass is 9.94. The number of aliphatic carboxylic acids is 1. The van der Waals surface area contributed by atoms with Crippen molar-refractivity contribution in [1.29, 1.82) is 0 Å². The molecule has 0 heterocycles. The van der Waals surface area contributed by atoms with Gasteiger partial charge in [0.1, 0.15) is 5.69 Å². The van der Waals surface area contributed by atoms with Gasteiger partial charge in [-0.2, -0.15) is 0 Å². The Labute approximate surface area is 124 Å². The third-order valence-corrected chi connectivity index (χ3v) is 3.20. The number of nitro benzene ring substituents is 1. The molecular formula is C15H22N2O4. The molecule has 6 heteroatoms. The van der Waals surface area contributed by atoms with Crippen molar-refractivity contribution in [3.63, 3.8) is 0 Å². The van der Waals surface area contributed by atoms with E-state index in [4.69, 9.17) is 5.11 Å². The summed E-state index contributed by atoms with van der Waals surface area (Å²) in [6, 6.07) is 4.97. The van der Waals surface area contributed by atoms with Crippen molar-refractivity contribution in [2.75, 3.05) is 11.9 Å². The van der Waals surface area contributed by atoms with E-state index in [1.165, 1.54) is 6.07 Å². The predicted molar refractivity (Wildman–Crippen MR) is 81.5 cm³/mol. The number of carboxylic acids is 1. The van der Waals surface area contributed by atoms with Gasteiger partial charge in [0.15, 0.2) is 0 Å². The molecule has 0 saturated carbocycles. The molecule has 1 rings (SSSR count). The van der Waals surface area contributed by atoms with Crippen LogP contribution in [0.5, 0.6) is 0 Å². The second-order valence-corrected chi connectivity index (χ2v) is 5.75. The first-order chi connectivity index (χ1) is 9.79. The zero-order chi connectivity index (χ0) is 16.0. The Hall–Kier alpha value is -2.11. The summed E-state index contributed by atoms with van der Waals surface area (Å²) in [5.41, 5.74) is 1.27. The number of nitro groups is 1. The highest BCUT2D eigenvalue weighted by Gasteiger charge is 2.18. The van der Waals surface area contributed by atoms with E-state index in [0.717, 1.165) is 12.0 Å². The zero-order valence-corrected chi connectivity index (χ0v) is 12.6. The van der Waals surface area contributed by atoms with Gasteiger partial charge in [0, 0.05) is 19.0 Å². The second-order valence-electron chi connectivity index (χ2n) is 5.75. The first-order valence-electron chi connectivity index (χ1n) is 7.00. The Morgan fingerprint density at radius 1 is 1.43 bits per heavy atom. The molecule has 0 bridgehead atoms. The molecule has 116 valence electrons. The van der Waals surface area contributed by atoms with Gasteiger partial charge >= 0.3 is 5.97 Å². The third-order valence-electron chi connectivity index (χ3n) is 3.20. The van der Waals surface area contributed by atoms with E-state index in [0.29, 0.717) is 18.2 Å². The Morgan fingerprint density at radius 3 is 2.62 bits per heavy atom. The van der Waals surface area contributed by atoms with Crippen LogP contribution in [0, 0.1) is 28.9 Å². The van der Waals surface area contributed by atoms with Gasteiger partial charge in [-0.15, -0.1) is 0 Å². The average Bonchev–Trinajstić information content (AvgIpc) is 2.35. The van der Waals surface area contributed by atoms with Gasteiger partial charge < -0.3 is 10.4 Å². The first kappa shape index (κ1) is 16.9. The van der Waals surface area contributed by atoms with E-state index in [1.54, 1.807) is 19.1 Å². The van der Waals surface area contributed by atoms with Gasteiger partial charge in [-0.3, -0.25) is 14.9 Å². The summed E-state index contributed by atoms with van der Waals surface area (Å²) in [6.45, 7) is 6.27. The fourth-order valence-electron chi connectivity index (χ4n) is 2.35. The topological polar surface area (TPSA) is 92.5 Å². The van der Waals surface area contributed by atoms with Crippen molar-refractivity contribution < 1.29 is 14.8 Å². The lowest BCUT2D eigenvalue weighted by molar-refractivity contribution is -0.384. The number of nitrogens with zero attached hydrogens (tertiary/aromatic N) is 1. The van der Waals surface area contributed by atoms with Crippen molar-refractivity contribution >= 4 is 17.3 Å². The molecule has 0 aromatic heterocycles. The van der Waals surface area contributed by atoms with Crippen LogP contribution >= 0.6 is 0 Å². The number of rotatable bonds is 8. The van der Waals surface area contributed by atoms with Crippen LogP contribution in [0.4, 0.5) is 11.4 Å². The highest BCUT2D eigenvalue weighted by atomic mass is 16.6. The fraction of sp³-hybridized carbons (Fsp3) is 0.533. The quantitative estimate of drug-likeness (QED) is 0.566. The van der Waals surface area contributed by atoms with Crippen molar-refractivity contribution in [3.05, 3.63) is 33.9 Å². The smallest absolute Gasteiger partial charge is 0.303 e. The minimum absolute atomic E-state index is 0.0219. The lowest BCUT2D eigenvalue weighted by Crippen LogP contribution is -2.20. The Bertz CT molecular complexity index is 514. The number of anilines is 1. The Morgan fingerprint density at radius 2 is 2.10 bits per heavy atom. The van der Waals surface area contributed by atoms with E-state index >= 15 is 0 Å². The average molecular weight is 294 g/mol. The molecule has 21 heavy (non-hydrogen) atoms. The fourth-order valence-corrected chi connectivity index (χ4v) is 2.35. The summed E-state index contributed by atoms with van der Waals surface area (Å²) in [7, 11) is 0. The molecule has 0 aliphatic heterocycles. The molecule has 0 amide bonds. The number of aryl methyl sites for hydroxylation is 1. The Kier molecular flexibility index (Phi) is 6.14. The molecule has 1 aromatic rings. The molecule has 0 aliphatic rings. The molecule has 2 N–H and O–H groups in total. The Balaban J connectivity index is 2.79. The normalized spacial score (nSPS) is 12.2. The van der Waals surface area contributed by atoms with E-state index in [2.05, 4.69) is 5.32 Å². The largest absolute Gasteiger partial charge is 0.481 e. The highest BCUT2D eigenvalue weighted by molar-refractivity contribution is 5.67. The van der Waals surface area contributed by atoms with Crippen LogP contribution in [0.2, 0.25) is 0 Å². The van der Waals surface area contributed by atoms with E-state index < -0.39 is 10.9 Å². The molecule has 0 spiro atoms. The minimum Gasteiger partial charge on any atom is -0.481 e. The summed E-state index contributed by atoms with van der Waals surface area (Å²) in [4.78, 5) is 21.5. The molecule has 0 aliphatic carbocycles. The molecule has 0 saturated heterocycles. The van der Waals surface area contributed by atoms with Crippen LogP contribution in [0.25, 0.3) is 0 Å². The number of carbonyl (C=O) groups is 1. The SMILES string of the molecule is Cc1ccc(NCC(CC(=O)O)CC(C)C)c([N+](=O)[O-])c1. The van der Waals surface area contributed by atoms with E-state index in [9.17, 15) is 14.9 Å². The van der Waals surface area contributed by atoms with Crippen molar-refractivity contribution in [2.24, 2.45) is 11.8 Å². The van der Waals surface area contributed by atoms with Crippen LogP contribution in [0.1, 0.15) is 32.3 Å². The van der Waals surface area contributed by atoms with E-state index in [1.807, 2.05) is 13.8 Å². The van der Waals surface area contributed by atoms with Crippen molar-refractivity contribution in [2.45, 2.75) is 33.6 Å². The van der Waals surface area contributed by atoms with Crippen LogP contribution < -0.4 is 5.32 Å². The van der Waals surface area contributed by atoms with Gasteiger partial charge in [0.2, 0.25) is 0 Å². The maximum atomic E-state index is 11.0. The van der Waals surface area contributed by atoms with Gasteiger partial charge in [0.25, 0.3) is 5.69 Å². The van der Waals surface area contributed by atoms with Crippen LogP contribution in [-0.4, -0.2) is 22.5 Å². The second kappa shape index (κ2) is 7.61. The van der Waals surface area contributed by atoms with Gasteiger partial charge in [-0.25, -0.2) is 0 Å². The number of nitrogens with one attached hydrogen (secondary N) is 1. The lowest BCUT2D eigenvalue weighted by Gasteiger charge is -2.18. The maximum Gasteiger partial charge on any atom is 0.303 e. The summed E-state index contributed by atoms with van der Waals surface area (Å²) in [6.07, 6.45) is 0.823. The van der Waals surface area contributed by atoms with Gasteiger partial charge in [0.05, 0.1) is 4.92 Å². The highest BCUT2D eigenvalue weighted by Crippen LogP contribution is 2.26. The predicted octanol–water partition coefficient (Wildman–Crippen LogP) is 3.45. The molecule has 6 nitrogen and oxygen atoms in total. The summed E-state index contributed by atoms with van der Waals surface area (Å²) in [5, 5.41) is 23.0. The first-order valence-corrected chi connectivity index (χ1v) is 7.00. The molecule has 0 radical (unpaired) electrons. The van der Waals surface area contributed by atoms with Gasteiger partial charge in [-0.1, -0.05) is 19.9 Å². The molecule has 1 atom stereocenters. The monoisotopic (exact) mass is 294 g/mol. The number of hydrogen-bond donors (Lipinski definition) is 2. The standard InChI is InChI=1S/C15H22N2O4/c1-10(2)6-12(8-15(18)19)9-16-13-5-4-11(3)7-14(13)17(20)21/h4-5,7,10,12,16H,6,8-9H2,1-3H3,(H,18,19). The van der Waals surface area contributed by atoms with Crippen LogP contribution in [-0.2, 0) is 4.79 Å². The van der Waals surface area contributed by atoms with Gasteiger partial charge in [-0.05, 0) is 36.8 Å². The zero-order valence-electron chi connectivity index (χ0n) is 12.6. The summed E-state index contributed by atoms with van der Waals surface area (Å²) in [5.74, 6) is -0.520. The summed E-state index contributed by atoms with van der Waals surface area (Å²) >= 11 is 0. The number of carboxylic acid groups (broad SMARTS) is 1. The van der Waals surface area contributed by atoms with Crippen LogP contribution in [0.3, 0.4) is 0 Å². The van der Waals surface area contributed by atoms with Crippen molar-refractivity contribution in [3.8, 4) is 0 Å². The molecular weight excluding hydrogens is 272 g/mol. The molecule has 1 aromatic carbocycles. The van der Waals surface area contributed by atoms with Crippen LogP contribution in [0.15, 0.2) is 18.2 Å². The number of benzene rings is 1. The molecule has 0 fully saturated rings. The molecule has 1 unspecified atom stereocenters. The minimum atomic E-state index is -0.846. The van der Waals surface area contributed by atoms with Crippen molar-refractivity contribution in [1.82, 2.24) is 0 Å². The third kappa shape index (κ3) is 5.81. The number of hydrogen-bond acceptors (Lipinski definition) is 4.